The Hall–Kier alpha value is -2.31. The minimum absolute atomic E-state index is 0.594. The van der Waals surface area contributed by atoms with Crippen molar-refractivity contribution in [2.45, 2.75) is 39.3 Å². The fourth-order valence-electron chi connectivity index (χ4n) is 2.24. The number of benzene rings is 2. The Balaban J connectivity index is 1.69. The van der Waals surface area contributed by atoms with Gasteiger partial charge in [0.15, 0.2) is 0 Å². The molecule has 2 aromatic rings. The first-order chi connectivity index (χ1) is 11.3. The number of hydrogen-bond donors (Lipinski definition) is 1. The monoisotopic (exact) mass is 308 g/mol. The van der Waals surface area contributed by atoms with Crippen LogP contribution in [0.4, 0.5) is 0 Å². The molecule has 0 aliphatic heterocycles. The van der Waals surface area contributed by atoms with Crippen molar-refractivity contribution < 1.29 is 4.74 Å². The summed E-state index contributed by atoms with van der Waals surface area (Å²) in [5.74, 6) is 0.892. The average Bonchev–Trinajstić information content (AvgIpc) is 2.58. The van der Waals surface area contributed by atoms with Gasteiger partial charge in [-0.05, 0) is 49.6 Å². The van der Waals surface area contributed by atoms with Crippen LogP contribution in [0.5, 0.6) is 5.75 Å². The van der Waals surface area contributed by atoms with Gasteiger partial charge < -0.3 is 10.1 Å². The van der Waals surface area contributed by atoms with Crippen molar-refractivity contribution in [2.75, 3.05) is 6.54 Å². The van der Waals surface area contributed by atoms with Gasteiger partial charge >= 0.3 is 0 Å². The molecule has 0 heterocycles. The van der Waals surface area contributed by atoms with E-state index in [0.717, 1.165) is 31.7 Å². The van der Waals surface area contributed by atoms with Crippen LogP contribution in [0.2, 0.25) is 0 Å². The Morgan fingerprint density at radius 1 is 0.957 bits per heavy atom. The van der Waals surface area contributed by atoms with Crippen LogP contribution in [0.25, 0.3) is 0 Å². The molecule has 3 heteroatoms. The SMILES string of the molecule is Cc1ccc(COc2ccc(CNCCCCC#N)cc2)cc1. The molecule has 0 radical (unpaired) electrons. The van der Waals surface area contributed by atoms with Gasteiger partial charge in [-0.1, -0.05) is 42.0 Å². The third-order valence-corrected chi connectivity index (χ3v) is 3.67. The van der Waals surface area contributed by atoms with Crippen LogP contribution < -0.4 is 10.1 Å². The van der Waals surface area contributed by atoms with Crippen molar-refractivity contribution in [3.8, 4) is 11.8 Å². The summed E-state index contributed by atoms with van der Waals surface area (Å²) in [6.07, 6.45) is 2.66. The van der Waals surface area contributed by atoms with Gasteiger partial charge in [-0.3, -0.25) is 0 Å². The minimum Gasteiger partial charge on any atom is -0.489 e. The predicted octanol–water partition coefficient (Wildman–Crippen LogP) is 4.36. The van der Waals surface area contributed by atoms with Crippen LogP contribution in [0.15, 0.2) is 48.5 Å². The smallest absolute Gasteiger partial charge is 0.119 e. The van der Waals surface area contributed by atoms with Gasteiger partial charge in [-0.2, -0.15) is 5.26 Å². The van der Waals surface area contributed by atoms with E-state index in [1.54, 1.807) is 0 Å². The van der Waals surface area contributed by atoms with Crippen molar-refractivity contribution in [1.82, 2.24) is 5.32 Å². The maximum Gasteiger partial charge on any atom is 0.119 e. The molecule has 3 nitrogen and oxygen atoms in total. The predicted molar refractivity (Wildman–Crippen MR) is 93.1 cm³/mol. The van der Waals surface area contributed by atoms with E-state index in [9.17, 15) is 0 Å². The van der Waals surface area contributed by atoms with E-state index in [1.165, 1.54) is 16.7 Å². The summed E-state index contributed by atoms with van der Waals surface area (Å²) < 4.78 is 5.81. The van der Waals surface area contributed by atoms with Crippen LogP contribution in [-0.2, 0) is 13.2 Å². The van der Waals surface area contributed by atoms with E-state index >= 15 is 0 Å². The molecule has 23 heavy (non-hydrogen) atoms. The zero-order chi connectivity index (χ0) is 16.3. The minimum atomic E-state index is 0.594. The molecule has 0 aromatic heterocycles. The second-order valence-corrected chi connectivity index (χ2v) is 5.71. The summed E-state index contributed by atoms with van der Waals surface area (Å²) in [4.78, 5) is 0. The first-order valence-electron chi connectivity index (χ1n) is 8.13. The molecule has 1 N–H and O–H groups in total. The molecule has 0 atom stereocenters. The number of nitrogens with zero attached hydrogens (tertiary/aromatic N) is 1. The highest BCUT2D eigenvalue weighted by atomic mass is 16.5. The average molecular weight is 308 g/mol. The third kappa shape index (κ3) is 6.54. The molecule has 0 fully saturated rings. The van der Waals surface area contributed by atoms with Crippen molar-refractivity contribution >= 4 is 0 Å². The Kier molecular flexibility index (Phi) is 7.16. The summed E-state index contributed by atoms with van der Waals surface area (Å²) in [6.45, 7) is 4.48. The Bertz CT molecular complexity index is 612. The number of ether oxygens (including phenoxy) is 1. The normalized spacial score (nSPS) is 10.3. The quantitative estimate of drug-likeness (QED) is 0.700. The van der Waals surface area contributed by atoms with Crippen LogP contribution in [0.3, 0.4) is 0 Å². The number of hydrogen-bond acceptors (Lipinski definition) is 3. The van der Waals surface area contributed by atoms with Gasteiger partial charge in [0, 0.05) is 13.0 Å². The van der Waals surface area contributed by atoms with E-state index < -0.39 is 0 Å². The first kappa shape index (κ1) is 17.1. The lowest BCUT2D eigenvalue weighted by molar-refractivity contribution is 0.306. The zero-order valence-electron chi connectivity index (χ0n) is 13.7. The highest BCUT2D eigenvalue weighted by Crippen LogP contribution is 2.14. The molecular weight excluding hydrogens is 284 g/mol. The molecule has 0 unspecified atom stereocenters. The molecule has 0 saturated carbocycles. The summed E-state index contributed by atoms with van der Waals surface area (Å²) in [5, 5.41) is 11.9. The van der Waals surface area contributed by atoms with Crippen molar-refractivity contribution in [3.63, 3.8) is 0 Å². The van der Waals surface area contributed by atoms with Gasteiger partial charge in [0.25, 0.3) is 0 Å². The third-order valence-electron chi connectivity index (χ3n) is 3.67. The van der Waals surface area contributed by atoms with Crippen molar-refractivity contribution in [3.05, 3.63) is 65.2 Å². The number of nitriles is 1. The summed E-state index contributed by atoms with van der Waals surface area (Å²) >= 11 is 0. The molecule has 0 aliphatic rings. The number of aryl methyl sites for hydroxylation is 1. The molecule has 0 spiro atoms. The molecule has 0 bridgehead atoms. The van der Waals surface area contributed by atoms with Gasteiger partial charge in [-0.25, -0.2) is 0 Å². The van der Waals surface area contributed by atoms with Gasteiger partial charge in [0.1, 0.15) is 12.4 Å². The topological polar surface area (TPSA) is 45.0 Å². The fraction of sp³-hybridized carbons (Fsp3) is 0.350. The zero-order valence-corrected chi connectivity index (χ0v) is 13.7. The summed E-state index contributed by atoms with van der Waals surface area (Å²) in [5.41, 5.74) is 3.69. The van der Waals surface area contributed by atoms with Crippen molar-refractivity contribution in [2.24, 2.45) is 0 Å². The van der Waals surface area contributed by atoms with Crippen LogP contribution >= 0.6 is 0 Å². The highest BCUT2D eigenvalue weighted by molar-refractivity contribution is 5.28. The molecule has 2 aromatic carbocycles. The summed E-state index contributed by atoms with van der Waals surface area (Å²) in [7, 11) is 0. The molecule has 0 saturated heterocycles. The van der Waals surface area contributed by atoms with E-state index in [0.29, 0.717) is 13.0 Å². The van der Waals surface area contributed by atoms with E-state index in [4.69, 9.17) is 10.00 Å². The Morgan fingerprint density at radius 3 is 2.35 bits per heavy atom. The standard InChI is InChI=1S/C20H24N2O/c1-17-5-7-19(8-6-17)16-23-20-11-9-18(10-12-20)15-22-14-4-2-3-13-21/h5-12,22H,2-4,14-16H2,1H3. The van der Waals surface area contributed by atoms with E-state index in [1.807, 2.05) is 12.1 Å². The molecule has 0 aliphatic carbocycles. The van der Waals surface area contributed by atoms with E-state index in [2.05, 4.69) is 54.7 Å². The van der Waals surface area contributed by atoms with Crippen LogP contribution in [-0.4, -0.2) is 6.54 Å². The molecule has 120 valence electrons. The van der Waals surface area contributed by atoms with Crippen LogP contribution in [0, 0.1) is 18.3 Å². The lowest BCUT2D eigenvalue weighted by atomic mass is 10.2. The Labute approximate surface area is 138 Å². The second kappa shape index (κ2) is 9.66. The van der Waals surface area contributed by atoms with Gasteiger partial charge in [0.2, 0.25) is 0 Å². The number of rotatable bonds is 9. The molecule has 2 rings (SSSR count). The highest BCUT2D eigenvalue weighted by Gasteiger charge is 1.98. The largest absolute Gasteiger partial charge is 0.489 e. The van der Waals surface area contributed by atoms with Crippen LogP contribution in [0.1, 0.15) is 36.0 Å². The molecular formula is C20H24N2O. The second-order valence-electron chi connectivity index (χ2n) is 5.71. The van der Waals surface area contributed by atoms with E-state index in [-0.39, 0.29) is 0 Å². The number of unbranched alkanes of at least 4 members (excludes halogenated alkanes) is 2. The molecule has 0 amide bonds. The summed E-state index contributed by atoms with van der Waals surface area (Å²) in [6, 6.07) is 18.8. The van der Waals surface area contributed by atoms with Gasteiger partial charge in [0.05, 0.1) is 6.07 Å². The first-order valence-corrected chi connectivity index (χ1v) is 8.13. The maximum atomic E-state index is 8.47. The number of nitrogens with one attached hydrogen (secondary N) is 1. The lowest BCUT2D eigenvalue weighted by Crippen LogP contribution is -2.14. The Morgan fingerprint density at radius 2 is 1.65 bits per heavy atom. The van der Waals surface area contributed by atoms with Crippen molar-refractivity contribution in [1.29, 1.82) is 5.26 Å². The lowest BCUT2D eigenvalue weighted by Gasteiger charge is -2.08. The maximum absolute atomic E-state index is 8.47. The fourth-order valence-corrected chi connectivity index (χ4v) is 2.24. The van der Waals surface area contributed by atoms with Gasteiger partial charge in [-0.15, -0.1) is 0 Å².